The van der Waals surface area contributed by atoms with E-state index in [0.717, 1.165) is 26.2 Å². The number of nitrogens with one attached hydrogen (secondary N) is 1. The molecular formula is C24H32N2. The molecule has 2 heteroatoms. The van der Waals surface area contributed by atoms with Crippen LogP contribution in [-0.2, 0) is 0 Å². The summed E-state index contributed by atoms with van der Waals surface area (Å²) in [6.07, 6.45) is 2.55. The van der Waals surface area contributed by atoms with Gasteiger partial charge < -0.3 is 5.32 Å². The smallest absolute Gasteiger partial charge is 0.0345 e. The van der Waals surface area contributed by atoms with Gasteiger partial charge in [-0.05, 0) is 61.4 Å². The van der Waals surface area contributed by atoms with Crippen LogP contribution < -0.4 is 5.32 Å². The lowest BCUT2D eigenvalue weighted by Crippen LogP contribution is -2.56. The van der Waals surface area contributed by atoms with Crippen LogP contribution in [-0.4, -0.2) is 36.6 Å². The highest BCUT2D eigenvalue weighted by Gasteiger charge is 2.50. The molecule has 1 aliphatic carbocycles. The first-order valence-electron chi connectivity index (χ1n) is 10.3. The zero-order valence-corrected chi connectivity index (χ0v) is 16.2. The summed E-state index contributed by atoms with van der Waals surface area (Å²) in [6, 6.07) is 22.5. The Morgan fingerprint density at radius 2 is 1.35 bits per heavy atom. The van der Waals surface area contributed by atoms with Crippen LogP contribution in [0.3, 0.4) is 0 Å². The van der Waals surface area contributed by atoms with E-state index < -0.39 is 0 Å². The Kier molecular flexibility index (Phi) is 5.15. The van der Waals surface area contributed by atoms with E-state index >= 15 is 0 Å². The van der Waals surface area contributed by atoms with Crippen molar-refractivity contribution < 1.29 is 0 Å². The third-order valence-electron chi connectivity index (χ3n) is 6.96. The van der Waals surface area contributed by atoms with Crippen molar-refractivity contribution in [3.8, 4) is 0 Å². The molecule has 2 nitrogen and oxygen atoms in total. The maximum Gasteiger partial charge on any atom is 0.0345 e. The molecule has 2 aliphatic heterocycles. The Balaban J connectivity index is 1.79. The maximum absolute atomic E-state index is 3.86. The van der Waals surface area contributed by atoms with Gasteiger partial charge in [-0.25, -0.2) is 0 Å². The van der Waals surface area contributed by atoms with E-state index in [0.29, 0.717) is 17.8 Å². The number of hydrogen-bond acceptors (Lipinski definition) is 2. The largest absolute Gasteiger partial charge is 0.315 e. The van der Waals surface area contributed by atoms with Crippen molar-refractivity contribution in [1.29, 1.82) is 0 Å². The van der Waals surface area contributed by atoms with Gasteiger partial charge in [0.05, 0.1) is 0 Å². The summed E-state index contributed by atoms with van der Waals surface area (Å²) in [6.45, 7) is 9.16. The van der Waals surface area contributed by atoms with E-state index in [1.54, 1.807) is 0 Å². The fraction of sp³-hybridized carbons (Fsp3) is 0.500. The van der Waals surface area contributed by atoms with Crippen molar-refractivity contribution in [2.45, 2.75) is 44.1 Å². The molecule has 2 bridgehead atoms. The molecule has 5 rings (SSSR count). The van der Waals surface area contributed by atoms with E-state index in [9.17, 15) is 0 Å². The molecule has 26 heavy (non-hydrogen) atoms. The molecule has 0 amide bonds. The number of benzene rings is 2. The summed E-state index contributed by atoms with van der Waals surface area (Å²) < 4.78 is 0. The number of nitrogens with zero attached hydrogens (tertiary/aromatic N) is 1. The number of hydrogen-bond donors (Lipinski definition) is 1. The van der Waals surface area contributed by atoms with Crippen molar-refractivity contribution in [3.63, 3.8) is 0 Å². The lowest BCUT2D eigenvalue weighted by molar-refractivity contribution is 0.0430. The van der Waals surface area contributed by atoms with Crippen LogP contribution in [0, 0.1) is 5.92 Å². The monoisotopic (exact) mass is 348 g/mol. The average molecular weight is 349 g/mol. The molecule has 1 N–H and O–H groups in total. The molecule has 2 aromatic carbocycles. The minimum absolute atomic E-state index is 0.261. The van der Waals surface area contributed by atoms with E-state index in [-0.39, 0.29) is 5.54 Å². The second kappa shape index (κ2) is 7.54. The third-order valence-corrected chi connectivity index (χ3v) is 6.96. The van der Waals surface area contributed by atoms with Crippen molar-refractivity contribution in [3.05, 3.63) is 71.8 Å². The molecule has 3 fully saturated rings. The second-order valence-corrected chi connectivity index (χ2v) is 8.13. The molecule has 0 aromatic heterocycles. The third kappa shape index (κ3) is 3.10. The van der Waals surface area contributed by atoms with Crippen LogP contribution >= 0.6 is 0 Å². The molecule has 138 valence electrons. The van der Waals surface area contributed by atoms with Crippen LogP contribution in [0.1, 0.15) is 49.7 Å². The van der Waals surface area contributed by atoms with Crippen LogP contribution in [0.5, 0.6) is 0 Å². The van der Waals surface area contributed by atoms with E-state index in [1.807, 2.05) is 0 Å². The van der Waals surface area contributed by atoms with Gasteiger partial charge in [0, 0.05) is 12.1 Å². The predicted octanol–water partition coefficient (Wildman–Crippen LogP) is 4.65. The van der Waals surface area contributed by atoms with Gasteiger partial charge in [0.1, 0.15) is 0 Å². The van der Waals surface area contributed by atoms with Crippen molar-refractivity contribution in [2.75, 3.05) is 26.2 Å². The predicted molar refractivity (Wildman–Crippen MR) is 110 cm³/mol. The molecule has 0 radical (unpaired) electrons. The lowest BCUT2D eigenvalue weighted by Gasteiger charge is -2.51. The van der Waals surface area contributed by atoms with Gasteiger partial charge in [0.25, 0.3) is 0 Å². The minimum atomic E-state index is 0.261. The van der Waals surface area contributed by atoms with Crippen LogP contribution in [0.25, 0.3) is 0 Å². The Bertz CT molecular complexity index is 643. The Hall–Kier alpha value is -1.64. The first-order valence-corrected chi connectivity index (χ1v) is 10.3. The van der Waals surface area contributed by atoms with Gasteiger partial charge in [-0.15, -0.1) is 0 Å². The zero-order chi connectivity index (χ0) is 18.0. The zero-order valence-electron chi connectivity index (χ0n) is 16.2. The molecule has 1 saturated carbocycles. The SMILES string of the molecule is CCN(CC)C12CNCC(C(c3ccccc3)C1)C(c1ccccc1)C2. The summed E-state index contributed by atoms with van der Waals surface area (Å²) in [7, 11) is 0. The standard InChI is InChI=1S/C24H32N2/c1-3-26(4-2)24-15-21(19-11-7-5-8-12-19)23(17-25-18-24)22(16-24)20-13-9-6-10-14-20/h5-14,21-23,25H,3-4,15-18H2,1-2H3. The Morgan fingerprint density at radius 1 is 0.846 bits per heavy atom. The average Bonchev–Trinajstić information content (AvgIpc) is 3.01. The van der Waals surface area contributed by atoms with Crippen LogP contribution in [0.2, 0.25) is 0 Å². The summed E-state index contributed by atoms with van der Waals surface area (Å²) in [5.74, 6) is 1.93. The molecule has 2 unspecified atom stereocenters. The Morgan fingerprint density at radius 3 is 1.81 bits per heavy atom. The van der Waals surface area contributed by atoms with E-state index in [2.05, 4.69) is 84.7 Å². The number of fused-ring (bicyclic) bond motifs is 4. The first kappa shape index (κ1) is 17.8. The normalized spacial score (nSPS) is 31.1. The van der Waals surface area contributed by atoms with E-state index in [1.165, 1.54) is 24.0 Å². The Labute approximate surface area is 158 Å². The molecule has 2 heterocycles. The molecule has 3 aliphatic rings. The van der Waals surface area contributed by atoms with Gasteiger partial charge in [-0.3, -0.25) is 4.90 Å². The number of rotatable bonds is 5. The number of likely N-dealkylation sites (N-methyl/N-ethyl adjacent to an activating group) is 1. The lowest BCUT2D eigenvalue weighted by atomic mass is 9.61. The highest BCUT2D eigenvalue weighted by Crippen LogP contribution is 2.53. The summed E-state index contributed by atoms with van der Waals surface area (Å²) in [4.78, 5) is 2.73. The fourth-order valence-corrected chi connectivity index (χ4v) is 5.78. The maximum atomic E-state index is 3.86. The second-order valence-electron chi connectivity index (χ2n) is 8.13. The quantitative estimate of drug-likeness (QED) is 0.846. The van der Waals surface area contributed by atoms with Gasteiger partial charge in [0.2, 0.25) is 0 Å². The fourth-order valence-electron chi connectivity index (χ4n) is 5.78. The highest BCUT2D eigenvalue weighted by atomic mass is 15.2. The van der Waals surface area contributed by atoms with Gasteiger partial charge in [-0.1, -0.05) is 74.5 Å². The van der Waals surface area contributed by atoms with Crippen molar-refractivity contribution in [1.82, 2.24) is 10.2 Å². The van der Waals surface area contributed by atoms with Gasteiger partial charge in [0.15, 0.2) is 0 Å². The highest BCUT2D eigenvalue weighted by molar-refractivity contribution is 5.30. The summed E-state index contributed by atoms with van der Waals surface area (Å²) in [5.41, 5.74) is 3.31. The van der Waals surface area contributed by atoms with Crippen molar-refractivity contribution >= 4 is 0 Å². The topological polar surface area (TPSA) is 15.3 Å². The van der Waals surface area contributed by atoms with Gasteiger partial charge >= 0.3 is 0 Å². The molecule has 2 aromatic rings. The van der Waals surface area contributed by atoms with Crippen LogP contribution in [0.4, 0.5) is 0 Å². The van der Waals surface area contributed by atoms with Crippen LogP contribution in [0.15, 0.2) is 60.7 Å². The minimum Gasteiger partial charge on any atom is -0.315 e. The molecule has 2 saturated heterocycles. The summed E-state index contributed by atoms with van der Waals surface area (Å²) in [5, 5.41) is 3.86. The summed E-state index contributed by atoms with van der Waals surface area (Å²) >= 11 is 0. The van der Waals surface area contributed by atoms with Crippen molar-refractivity contribution in [2.24, 2.45) is 5.92 Å². The van der Waals surface area contributed by atoms with Gasteiger partial charge in [-0.2, -0.15) is 0 Å². The molecular weight excluding hydrogens is 316 g/mol. The first-order chi connectivity index (χ1) is 12.8. The van der Waals surface area contributed by atoms with E-state index in [4.69, 9.17) is 0 Å². The molecule has 0 spiro atoms. The molecule has 2 atom stereocenters.